The van der Waals surface area contributed by atoms with Crippen molar-refractivity contribution >= 4 is 33.2 Å². The molecule has 30 heavy (non-hydrogen) atoms. The van der Waals surface area contributed by atoms with E-state index in [-0.39, 0.29) is 36.6 Å². The number of carbonyl (C=O) groups excluding carboxylic acids is 1. The van der Waals surface area contributed by atoms with Crippen molar-refractivity contribution in [1.82, 2.24) is 4.31 Å². The van der Waals surface area contributed by atoms with Crippen molar-refractivity contribution in [2.45, 2.75) is 23.9 Å². The Kier molecular flexibility index (Phi) is 6.40. The fraction of sp³-hybridized carbons (Fsp3) is 0.316. The van der Waals surface area contributed by atoms with Gasteiger partial charge in [0.15, 0.2) is 0 Å². The number of carbonyl (C=O) groups is 1. The molecule has 162 valence electrons. The first-order chi connectivity index (χ1) is 14.0. The summed E-state index contributed by atoms with van der Waals surface area (Å²) in [7, 11) is -4.38. The van der Waals surface area contributed by atoms with E-state index in [2.05, 4.69) is 5.32 Å². The molecule has 1 aliphatic rings. The molecular weight excluding hydrogens is 448 g/mol. The van der Waals surface area contributed by atoms with Crippen LogP contribution in [0.1, 0.15) is 18.4 Å². The number of nitrogens with zero attached hydrogens (tertiary/aromatic N) is 1. The van der Waals surface area contributed by atoms with Crippen LogP contribution in [0.25, 0.3) is 0 Å². The Morgan fingerprint density at radius 1 is 1.10 bits per heavy atom. The lowest BCUT2D eigenvalue weighted by atomic mass is 9.97. The molecular formula is C19H17ClF4N2O3S. The van der Waals surface area contributed by atoms with Crippen LogP contribution < -0.4 is 5.32 Å². The van der Waals surface area contributed by atoms with Crippen molar-refractivity contribution in [3.63, 3.8) is 0 Å². The number of nitrogens with one attached hydrogen (secondary N) is 1. The summed E-state index contributed by atoms with van der Waals surface area (Å²) in [6.07, 6.45) is -4.57. The first-order valence-corrected chi connectivity index (χ1v) is 10.7. The van der Waals surface area contributed by atoms with Gasteiger partial charge < -0.3 is 5.32 Å². The molecule has 0 saturated carbocycles. The molecule has 1 aliphatic heterocycles. The lowest BCUT2D eigenvalue weighted by Crippen LogP contribution is -2.41. The first-order valence-electron chi connectivity index (χ1n) is 8.92. The van der Waals surface area contributed by atoms with E-state index in [0.29, 0.717) is 0 Å². The van der Waals surface area contributed by atoms with Gasteiger partial charge >= 0.3 is 6.18 Å². The Morgan fingerprint density at radius 2 is 1.73 bits per heavy atom. The average molecular weight is 465 g/mol. The second-order valence-electron chi connectivity index (χ2n) is 6.79. The Morgan fingerprint density at radius 3 is 2.33 bits per heavy atom. The van der Waals surface area contributed by atoms with Crippen LogP contribution in [0.15, 0.2) is 47.4 Å². The number of rotatable bonds is 4. The standard InChI is InChI=1S/C19H17ClF4N2O3S/c20-15-6-5-13(11-16(15)21)25-18(27)12-7-9-26(10-8-12)30(28,29)17-4-2-1-3-14(17)19(22,23)24/h1-6,11-12H,7-10H2,(H,25,27). The molecule has 1 saturated heterocycles. The van der Waals surface area contributed by atoms with E-state index in [1.165, 1.54) is 18.2 Å². The van der Waals surface area contributed by atoms with Gasteiger partial charge in [0, 0.05) is 24.7 Å². The number of benzene rings is 2. The van der Waals surface area contributed by atoms with E-state index in [9.17, 15) is 30.8 Å². The molecule has 3 rings (SSSR count). The molecule has 1 N–H and O–H groups in total. The fourth-order valence-electron chi connectivity index (χ4n) is 3.24. The van der Waals surface area contributed by atoms with Crippen LogP contribution in [0.3, 0.4) is 0 Å². The highest BCUT2D eigenvalue weighted by Gasteiger charge is 2.40. The zero-order chi connectivity index (χ0) is 22.1. The van der Waals surface area contributed by atoms with E-state index < -0.39 is 44.3 Å². The summed E-state index contributed by atoms with van der Waals surface area (Å²) in [4.78, 5) is 11.6. The Balaban J connectivity index is 1.69. The molecule has 1 heterocycles. The van der Waals surface area contributed by atoms with Crippen molar-refractivity contribution in [3.05, 3.63) is 58.9 Å². The number of halogens is 5. The molecule has 0 spiro atoms. The molecule has 5 nitrogen and oxygen atoms in total. The summed E-state index contributed by atoms with van der Waals surface area (Å²) in [6.45, 7) is -0.219. The van der Waals surface area contributed by atoms with E-state index >= 15 is 0 Å². The number of alkyl halides is 3. The summed E-state index contributed by atoms with van der Waals surface area (Å²) in [5.41, 5.74) is -1.02. The Bertz CT molecular complexity index is 1050. The molecule has 0 unspecified atom stereocenters. The van der Waals surface area contributed by atoms with Crippen LogP contribution in [-0.2, 0) is 21.0 Å². The number of piperidine rings is 1. The van der Waals surface area contributed by atoms with Gasteiger partial charge in [0.2, 0.25) is 15.9 Å². The number of amides is 1. The SMILES string of the molecule is O=C(Nc1ccc(Cl)c(F)c1)C1CCN(S(=O)(=O)c2ccccc2C(F)(F)F)CC1. The van der Waals surface area contributed by atoms with Crippen LogP contribution >= 0.6 is 11.6 Å². The predicted octanol–water partition coefficient (Wildman–Crippen LogP) is 4.54. The lowest BCUT2D eigenvalue weighted by molar-refractivity contribution is -0.139. The van der Waals surface area contributed by atoms with Crippen LogP contribution in [0.5, 0.6) is 0 Å². The van der Waals surface area contributed by atoms with Crippen LogP contribution in [-0.4, -0.2) is 31.7 Å². The third-order valence-electron chi connectivity index (χ3n) is 4.82. The van der Waals surface area contributed by atoms with Crippen LogP contribution in [0.4, 0.5) is 23.2 Å². The number of hydrogen-bond acceptors (Lipinski definition) is 3. The zero-order valence-electron chi connectivity index (χ0n) is 15.4. The van der Waals surface area contributed by atoms with Gasteiger partial charge in [-0.25, -0.2) is 12.8 Å². The highest BCUT2D eigenvalue weighted by molar-refractivity contribution is 7.89. The molecule has 2 aromatic rings. The van der Waals surface area contributed by atoms with Gasteiger partial charge in [0.05, 0.1) is 15.5 Å². The van der Waals surface area contributed by atoms with E-state index in [4.69, 9.17) is 11.6 Å². The van der Waals surface area contributed by atoms with Gasteiger partial charge in [-0.2, -0.15) is 17.5 Å². The van der Waals surface area contributed by atoms with Gasteiger partial charge in [0.25, 0.3) is 0 Å². The molecule has 1 fully saturated rings. The number of sulfonamides is 1. The maximum absolute atomic E-state index is 13.5. The largest absolute Gasteiger partial charge is 0.417 e. The topological polar surface area (TPSA) is 66.5 Å². The summed E-state index contributed by atoms with van der Waals surface area (Å²) < 4.78 is 79.6. The predicted molar refractivity (Wildman–Crippen MR) is 103 cm³/mol. The van der Waals surface area contributed by atoms with E-state index in [1.54, 1.807) is 0 Å². The second-order valence-corrected chi connectivity index (χ2v) is 9.10. The third-order valence-corrected chi connectivity index (χ3v) is 7.09. The highest BCUT2D eigenvalue weighted by Crippen LogP contribution is 2.36. The average Bonchev–Trinajstić information content (AvgIpc) is 2.70. The fourth-order valence-corrected chi connectivity index (χ4v) is 5.04. The number of hydrogen-bond donors (Lipinski definition) is 1. The molecule has 0 radical (unpaired) electrons. The quantitative estimate of drug-likeness (QED) is 0.676. The minimum atomic E-state index is -4.81. The molecule has 0 aromatic heterocycles. The maximum atomic E-state index is 13.5. The monoisotopic (exact) mass is 464 g/mol. The van der Waals surface area contributed by atoms with Gasteiger partial charge in [-0.1, -0.05) is 23.7 Å². The molecule has 0 bridgehead atoms. The van der Waals surface area contributed by atoms with Gasteiger partial charge in [-0.3, -0.25) is 4.79 Å². The first kappa shape index (κ1) is 22.5. The van der Waals surface area contributed by atoms with E-state index in [1.807, 2.05) is 0 Å². The van der Waals surface area contributed by atoms with Gasteiger partial charge in [0.1, 0.15) is 5.82 Å². The molecule has 11 heteroatoms. The highest BCUT2D eigenvalue weighted by atomic mass is 35.5. The molecule has 0 aliphatic carbocycles. The minimum absolute atomic E-state index is 0.0920. The summed E-state index contributed by atoms with van der Waals surface area (Å²) in [5, 5.41) is 2.45. The number of anilines is 1. The zero-order valence-corrected chi connectivity index (χ0v) is 17.0. The van der Waals surface area contributed by atoms with Crippen LogP contribution in [0.2, 0.25) is 5.02 Å². The van der Waals surface area contributed by atoms with Crippen molar-refractivity contribution < 1.29 is 30.8 Å². The van der Waals surface area contributed by atoms with Gasteiger partial charge in [-0.15, -0.1) is 0 Å². The smallest absolute Gasteiger partial charge is 0.326 e. The van der Waals surface area contributed by atoms with Crippen molar-refractivity contribution in [2.24, 2.45) is 5.92 Å². The van der Waals surface area contributed by atoms with Crippen molar-refractivity contribution in [3.8, 4) is 0 Å². The Hall–Kier alpha value is -2.17. The summed E-state index contributed by atoms with van der Waals surface area (Å²) in [6, 6.07) is 7.78. The molecule has 1 amide bonds. The van der Waals surface area contributed by atoms with Crippen LogP contribution in [0, 0.1) is 11.7 Å². The summed E-state index contributed by atoms with van der Waals surface area (Å²) in [5.74, 6) is -1.68. The Labute approximate surface area is 175 Å². The normalized spacial score (nSPS) is 16.4. The lowest BCUT2D eigenvalue weighted by Gasteiger charge is -2.31. The third kappa shape index (κ3) is 4.76. The van der Waals surface area contributed by atoms with E-state index in [0.717, 1.165) is 28.6 Å². The molecule has 0 atom stereocenters. The minimum Gasteiger partial charge on any atom is -0.326 e. The van der Waals surface area contributed by atoms with Crippen molar-refractivity contribution in [2.75, 3.05) is 18.4 Å². The van der Waals surface area contributed by atoms with Gasteiger partial charge in [-0.05, 0) is 43.2 Å². The van der Waals surface area contributed by atoms with Crippen molar-refractivity contribution in [1.29, 1.82) is 0 Å². The second kappa shape index (κ2) is 8.52. The maximum Gasteiger partial charge on any atom is 0.417 e. The molecule has 2 aromatic carbocycles. The summed E-state index contributed by atoms with van der Waals surface area (Å²) >= 11 is 5.59.